The van der Waals surface area contributed by atoms with Gasteiger partial charge in [-0.1, -0.05) is 47.3 Å². The van der Waals surface area contributed by atoms with Gasteiger partial charge in [-0.3, -0.25) is 9.59 Å². The summed E-state index contributed by atoms with van der Waals surface area (Å²) in [5.74, 6) is -0.750. The molecule has 5 N–H and O–H groups in total. The fourth-order valence-corrected chi connectivity index (χ4v) is 7.67. The number of carbonyl (C=O) groups is 2. The van der Waals surface area contributed by atoms with Gasteiger partial charge in [-0.05, 0) is 85.5 Å². The third-order valence-electron chi connectivity index (χ3n) is 10.5. The number of phenolic OH excluding ortho intramolecular Hbond substituents is 1. The molecule has 0 bridgehead atoms. The number of carbonyl (C=O) groups excluding carboxylic acids is 1. The number of carboxylic acids is 1. The first-order chi connectivity index (χ1) is 29.0. The van der Waals surface area contributed by atoms with Crippen LogP contribution in [-0.2, 0) is 6.54 Å². The molecule has 4 radical (unpaired) electrons. The minimum Gasteiger partial charge on any atom is -0.508 e. The van der Waals surface area contributed by atoms with E-state index < -0.39 is 18.0 Å². The van der Waals surface area contributed by atoms with Crippen molar-refractivity contribution in [1.82, 2.24) is 9.88 Å². The van der Waals surface area contributed by atoms with Crippen molar-refractivity contribution in [3.05, 3.63) is 137 Å². The van der Waals surface area contributed by atoms with Crippen LogP contribution in [-0.4, -0.2) is 73.3 Å². The van der Waals surface area contributed by atoms with Gasteiger partial charge >= 0.3 is 5.97 Å². The SMILES string of the molecule is [B]c1ccc2c(c1)c1cc([B])ccc1n2CC(O)CNc1cccc(OCCCCCNC(=O)c2ccc(-c3c4ccc(=O)cc-4oc4cc(O)ccc34)c(C(=O)O)c2)c1. The van der Waals surface area contributed by atoms with E-state index in [1.54, 1.807) is 24.3 Å². The molecule has 0 fully saturated rings. The fourth-order valence-electron chi connectivity index (χ4n) is 7.67. The van der Waals surface area contributed by atoms with Crippen molar-refractivity contribution in [2.45, 2.75) is 31.9 Å². The summed E-state index contributed by atoms with van der Waals surface area (Å²) < 4.78 is 14.0. The molecule has 1 amide bonds. The Kier molecular flexibility index (Phi) is 11.3. The van der Waals surface area contributed by atoms with Crippen LogP contribution in [0.2, 0.25) is 0 Å². The van der Waals surface area contributed by atoms with Crippen molar-refractivity contribution in [1.29, 1.82) is 0 Å². The van der Waals surface area contributed by atoms with Crippen molar-refractivity contribution < 1.29 is 34.1 Å². The van der Waals surface area contributed by atoms with E-state index >= 15 is 0 Å². The van der Waals surface area contributed by atoms with E-state index in [0.717, 1.165) is 40.3 Å². The number of nitrogens with one attached hydrogen (secondary N) is 2. The first-order valence-corrected chi connectivity index (χ1v) is 19.6. The van der Waals surface area contributed by atoms with Crippen LogP contribution in [0.15, 0.2) is 124 Å². The Hall–Kier alpha value is -6.98. The summed E-state index contributed by atoms with van der Waals surface area (Å²) in [4.78, 5) is 37.8. The largest absolute Gasteiger partial charge is 0.508 e. The molecule has 0 saturated heterocycles. The summed E-state index contributed by atoms with van der Waals surface area (Å²) in [6, 6.07) is 32.3. The Morgan fingerprint density at radius 1 is 0.783 bits per heavy atom. The number of aliphatic hydroxyl groups is 1. The van der Waals surface area contributed by atoms with Gasteiger partial charge in [-0.15, -0.1) is 0 Å². The molecule has 13 heteroatoms. The number of benzene rings is 6. The molecule has 2 aliphatic rings. The van der Waals surface area contributed by atoms with Gasteiger partial charge < -0.3 is 39.7 Å². The van der Waals surface area contributed by atoms with E-state index in [2.05, 4.69) is 15.2 Å². The van der Waals surface area contributed by atoms with Gasteiger partial charge in [0.15, 0.2) is 5.43 Å². The predicted octanol–water partition coefficient (Wildman–Crippen LogP) is 6.12. The molecule has 0 saturated carbocycles. The molecule has 1 atom stereocenters. The highest BCUT2D eigenvalue weighted by molar-refractivity contribution is 6.35. The first-order valence-electron chi connectivity index (χ1n) is 19.6. The number of carboxylic acid groups (broad SMARTS) is 1. The first kappa shape index (κ1) is 39.8. The number of aromatic carboxylic acids is 1. The second-order valence-corrected chi connectivity index (χ2v) is 14.8. The van der Waals surface area contributed by atoms with Crippen LogP contribution >= 0.6 is 0 Å². The van der Waals surface area contributed by atoms with Crippen LogP contribution in [0.25, 0.3) is 55.2 Å². The smallest absolute Gasteiger partial charge is 0.336 e. The third kappa shape index (κ3) is 8.43. The Labute approximate surface area is 347 Å². The second kappa shape index (κ2) is 17.1. The van der Waals surface area contributed by atoms with E-state index in [0.29, 0.717) is 71.4 Å². The Morgan fingerprint density at radius 3 is 2.28 bits per heavy atom. The molecule has 8 rings (SSSR count). The normalized spacial score (nSPS) is 11.9. The summed E-state index contributed by atoms with van der Waals surface area (Å²) >= 11 is 0. The topological polar surface area (TPSA) is 163 Å². The highest BCUT2D eigenvalue weighted by atomic mass is 16.5. The Bertz CT molecular complexity index is 2880. The summed E-state index contributed by atoms with van der Waals surface area (Å²) in [5.41, 5.74) is 5.52. The summed E-state index contributed by atoms with van der Waals surface area (Å²) in [6.07, 6.45) is 1.52. The summed E-state index contributed by atoms with van der Waals surface area (Å²) in [7, 11) is 12.2. The minimum absolute atomic E-state index is 0.0490. The Balaban J connectivity index is 0.822. The highest BCUT2D eigenvalue weighted by Gasteiger charge is 2.23. The number of amides is 1. The molecule has 11 nitrogen and oxygen atoms in total. The number of aromatic nitrogens is 1. The maximum atomic E-state index is 13.1. The maximum Gasteiger partial charge on any atom is 0.336 e. The highest BCUT2D eigenvalue weighted by Crippen LogP contribution is 2.42. The molecule has 0 spiro atoms. The molecule has 60 heavy (non-hydrogen) atoms. The van der Waals surface area contributed by atoms with E-state index in [-0.39, 0.29) is 33.6 Å². The van der Waals surface area contributed by atoms with Gasteiger partial charge in [0.25, 0.3) is 5.91 Å². The fraction of sp³-hybridized carbons (Fsp3) is 0.170. The number of aliphatic hydroxyl groups excluding tert-OH is 1. The lowest BCUT2D eigenvalue weighted by molar-refractivity contribution is 0.0697. The van der Waals surface area contributed by atoms with Crippen molar-refractivity contribution in [3.8, 4) is 33.9 Å². The lowest BCUT2D eigenvalue weighted by Gasteiger charge is -2.17. The van der Waals surface area contributed by atoms with Crippen LogP contribution in [0, 0.1) is 0 Å². The van der Waals surface area contributed by atoms with E-state index in [4.69, 9.17) is 24.8 Å². The van der Waals surface area contributed by atoms with Gasteiger partial charge in [0, 0.05) is 80.9 Å². The summed E-state index contributed by atoms with van der Waals surface area (Å²) in [5, 5.41) is 40.1. The van der Waals surface area contributed by atoms with Crippen molar-refractivity contribution in [3.63, 3.8) is 0 Å². The summed E-state index contributed by atoms with van der Waals surface area (Å²) in [6.45, 7) is 1.54. The Morgan fingerprint density at radius 2 is 1.53 bits per heavy atom. The molecule has 1 aliphatic heterocycles. The van der Waals surface area contributed by atoms with Crippen LogP contribution in [0.3, 0.4) is 0 Å². The number of anilines is 1. The number of unbranched alkanes of at least 4 members (excludes halogenated alkanes) is 2. The number of hydrogen-bond acceptors (Lipinski definition) is 8. The van der Waals surface area contributed by atoms with Gasteiger partial charge in [-0.25, -0.2) is 4.79 Å². The quantitative estimate of drug-likeness (QED) is 0.0468. The van der Waals surface area contributed by atoms with Gasteiger partial charge in [0.05, 0.1) is 24.8 Å². The van der Waals surface area contributed by atoms with E-state index in [1.807, 2.05) is 60.7 Å². The number of nitrogens with zero attached hydrogens (tertiary/aromatic N) is 1. The van der Waals surface area contributed by atoms with Crippen LogP contribution in [0.5, 0.6) is 11.5 Å². The number of fused-ring (bicyclic) bond motifs is 5. The lowest BCUT2D eigenvalue weighted by atomic mass is 9.90. The minimum atomic E-state index is -1.23. The predicted molar refractivity (Wildman–Crippen MR) is 236 cm³/mol. The molecule has 5 aromatic carbocycles. The zero-order valence-corrected chi connectivity index (χ0v) is 32.5. The zero-order chi connectivity index (χ0) is 41.9. The number of aromatic hydroxyl groups is 1. The van der Waals surface area contributed by atoms with Crippen molar-refractivity contribution in [2.24, 2.45) is 0 Å². The molecule has 6 aromatic rings. The number of phenols is 1. The third-order valence-corrected chi connectivity index (χ3v) is 10.5. The van der Waals surface area contributed by atoms with Crippen molar-refractivity contribution in [2.75, 3.05) is 25.0 Å². The van der Waals surface area contributed by atoms with Crippen LogP contribution in [0.4, 0.5) is 5.69 Å². The monoisotopic (exact) mass is 795 g/mol. The van der Waals surface area contributed by atoms with E-state index in [9.17, 15) is 29.7 Å². The second-order valence-electron chi connectivity index (χ2n) is 14.8. The molecule has 2 heterocycles. The van der Waals surface area contributed by atoms with Crippen molar-refractivity contribution >= 4 is 77.0 Å². The number of rotatable bonds is 15. The average Bonchev–Trinajstić information content (AvgIpc) is 3.52. The van der Waals surface area contributed by atoms with Gasteiger partial charge in [-0.2, -0.15) is 0 Å². The molecular weight excluding hydrogens is 756 g/mol. The molecule has 1 aliphatic carbocycles. The molecule has 1 aromatic heterocycles. The number of hydrogen-bond donors (Lipinski definition) is 5. The standard InChI is InChI=1S/C47H39B2N3O8/c48-28-8-15-41-38(20-28)39-21-29(49)9-16-42(39)52(41)26-33(55)25-51-30-5-4-6-34(22-30)59-18-3-1-2-17-50-46(56)27-7-12-35(40(19-27)47(57)58)45-36-13-10-31(53)23-43(36)60-44-24-32(54)11-14-37(44)45/h4-16,19-24,33,51,53,55H,1-3,17-18,25-26H2,(H,50,56)(H,57,58). The van der Waals surface area contributed by atoms with Gasteiger partial charge in [0.1, 0.15) is 38.5 Å². The average molecular weight is 795 g/mol. The molecular formula is C47H39B2N3O8. The van der Waals surface area contributed by atoms with E-state index in [1.165, 1.54) is 30.3 Å². The molecule has 296 valence electrons. The maximum absolute atomic E-state index is 13.1. The van der Waals surface area contributed by atoms with Crippen LogP contribution < -0.4 is 31.7 Å². The lowest BCUT2D eigenvalue weighted by Crippen LogP contribution is -2.25. The van der Waals surface area contributed by atoms with Gasteiger partial charge in [0.2, 0.25) is 0 Å². The zero-order valence-electron chi connectivity index (χ0n) is 32.5. The molecule has 1 unspecified atom stereocenters. The number of ether oxygens (including phenoxy) is 1. The van der Waals surface area contributed by atoms with Crippen LogP contribution in [0.1, 0.15) is 40.0 Å².